The molecule has 2 aromatic heterocycles. The number of aryl methyl sites for hydroxylation is 1. The standard InChI is InChI=1S/C44H52F3N7O7S2/c1-25(2)34-24-62-40(50-34)33-21-37(31-17-18-36(60-6)26(3)38(31)49-33)61-30-20-35-39(55)51-43(42(57)52-63(58,59)53(4)5)22-28(43)13-10-8-7-9-11-16-32(41(56)54(35)23-30)48-29-15-12-14-27(19-29)44(45,46)47/h10,12-15,17-19,21,24-25,28,30,32,35,48H,7-9,11,16,20,22-23H2,1-6H3,(H,51,55)(H,52,57)/b13-10-/t28-,30-,32+,35+,43-/m1/s1. The van der Waals surface area contributed by atoms with Crippen molar-refractivity contribution >= 4 is 55.9 Å². The summed E-state index contributed by atoms with van der Waals surface area (Å²) in [6, 6.07) is 7.74. The van der Waals surface area contributed by atoms with Gasteiger partial charge >= 0.3 is 16.4 Å². The number of amides is 3. The van der Waals surface area contributed by atoms with Crippen LogP contribution in [0.25, 0.3) is 21.6 Å². The number of benzene rings is 2. The zero-order valence-corrected chi connectivity index (χ0v) is 37.5. The van der Waals surface area contributed by atoms with Crippen LogP contribution >= 0.6 is 11.3 Å². The average Bonchev–Trinajstić information content (AvgIpc) is 3.51. The summed E-state index contributed by atoms with van der Waals surface area (Å²) in [5, 5.41) is 9.17. The summed E-state index contributed by atoms with van der Waals surface area (Å²) in [6.45, 7) is 5.87. The molecule has 7 rings (SSSR count). The normalized spacial score (nSPS) is 24.0. The minimum atomic E-state index is -4.62. The van der Waals surface area contributed by atoms with E-state index in [9.17, 15) is 36.0 Å². The van der Waals surface area contributed by atoms with Crippen molar-refractivity contribution in [3.8, 4) is 22.2 Å². The van der Waals surface area contributed by atoms with Crippen LogP contribution in [0.15, 0.2) is 60.0 Å². The lowest BCUT2D eigenvalue weighted by molar-refractivity contribution is -0.140. The van der Waals surface area contributed by atoms with E-state index in [-0.39, 0.29) is 37.4 Å². The number of ether oxygens (including phenoxy) is 2. The molecule has 19 heteroatoms. The maximum atomic E-state index is 14.9. The number of pyridine rings is 1. The third-order valence-electron chi connectivity index (χ3n) is 11.9. The number of anilines is 1. The maximum absolute atomic E-state index is 14.9. The van der Waals surface area contributed by atoms with Crippen LogP contribution in [0.1, 0.15) is 81.5 Å². The number of rotatable bonds is 10. The van der Waals surface area contributed by atoms with Crippen molar-refractivity contribution in [3.63, 3.8) is 0 Å². The van der Waals surface area contributed by atoms with Gasteiger partial charge in [0, 0.05) is 54.5 Å². The topological polar surface area (TPSA) is 172 Å². The Bertz CT molecular complexity index is 2530. The minimum absolute atomic E-state index is 0.0366. The molecule has 1 saturated heterocycles. The van der Waals surface area contributed by atoms with Crippen LogP contribution < -0.4 is 24.8 Å². The number of halogens is 3. The van der Waals surface area contributed by atoms with Crippen LogP contribution in [0.2, 0.25) is 0 Å². The zero-order chi connectivity index (χ0) is 45.4. The van der Waals surface area contributed by atoms with E-state index in [1.165, 1.54) is 42.5 Å². The van der Waals surface area contributed by atoms with E-state index in [4.69, 9.17) is 19.4 Å². The molecule has 5 atom stereocenters. The molecular weight excluding hydrogens is 860 g/mol. The smallest absolute Gasteiger partial charge is 0.416 e. The van der Waals surface area contributed by atoms with Gasteiger partial charge in [-0.2, -0.15) is 25.9 Å². The van der Waals surface area contributed by atoms with Crippen molar-refractivity contribution in [1.29, 1.82) is 0 Å². The second-order valence-corrected chi connectivity index (χ2v) is 19.6. The van der Waals surface area contributed by atoms with Gasteiger partial charge in [-0.1, -0.05) is 44.9 Å². The summed E-state index contributed by atoms with van der Waals surface area (Å²) in [5.41, 5.74) is 0.376. The number of fused-ring (bicyclic) bond motifs is 3. The molecule has 0 unspecified atom stereocenters. The van der Waals surface area contributed by atoms with Crippen LogP contribution in [0.4, 0.5) is 18.9 Å². The summed E-state index contributed by atoms with van der Waals surface area (Å²) >= 11 is 1.44. The molecule has 1 aliphatic carbocycles. The van der Waals surface area contributed by atoms with Crippen molar-refractivity contribution in [2.45, 2.75) is 102 Å². The Morgan fingerprint density at radius 1 is 1.08 bits per heavy atom. The van der Waals surface area contributed by atoms with Gasteiger partial charge < -0.3 is 25.0 Å². The fraction of sp³-hybridized carbons (Fsp3) is 0.477. The molecule has 1 saturated carbocycles. The maximum Gasteiger partial charge on any atom is 0.416 e. The van der Waals surface area contributed by atoms with Crippen molar-refractivity contribution in [3.05, 3.63) is 76.8 Å². The van der Waals surface area contributed by atoms with Crippen molar-refractivity contribution in [2.24, 2.45) is 5.92 Å². The first kappa shape index (κ1) is 45.7. The van der Waals surface area contributed by atoms with Gasteiger partial charge in [-0.05, 0) is 68.9 Å². The first-order valence-corrected chi connectivity index (χ1v) is 23.2. The molecule has 2 fully saturated rings. The summed E-state index contributed by atoms with van der Waals surface area (Å²) in [5.74, 6) is -1.49. The van der Waals surface area contributed by atoms with Gasteiger partial charge in [0.25, 0.3) is 5.91 Å². The predicted octanol–water partition coefficient (Wildman–Crippen LogP) is 6.96. The van der Waals surface area contributed by atoms with Gasteiger partial charge in [-0.15, -0.1) is 11.3 Å². The van der Waals surface area contributed by atoms with Crippen molar-refractivity contribution < 1.29 is 45.4 Å². The number of nitrogens with one attached hydrogen (secondary N) is 3. The fourth-order valence-electron chi connectivity index (χ4n) is 8.11. The molecule has 4 aromatic rings. The van der Waals surface area contributed by atoms with E-state index in [0.717, 1.165) is 27.7 Å². The van der Waals surface area contributed by atoms with E-state index in [0.29, 0.717) is 58.8 Å². The Hall–Kier alpha value is -5.27. The number of hydrogen-bond donors (Lipinski definition) is 3. The molecular formula is C44H52F3N7O7S2. The molecule has 3 amide bonds. The number of carbonyl (C=O) groups excluding carboxylic acids is 3. The molecule has 0 spiro atoms. The van der Waals surface area contributed by atoms with Gasteiger partial charge in [0.1, 0.15) is 45.9 Å². The Morgan fingerprint density at radius 3 is 2.56 bits per heavy atom. The van der Waals surface area contributed by atoms with Crippen LogP contribution in [0.5, 0.6) is 11.5 Å². The number of thiazole rings is 1. The second-order valence-electron chi connectivity index (χ2n) is 16.8. The lowest BCUT2D eigenvalue weighted by atomic mass is 10.0. The predicted molar refractivity (Wildman–Crippen MR) is 234 cm³/mol. The molecule has 4 heterocycles. The Balaban J connectivity index is 1.27. The highest BCUT2D eigenvalue weighted by Crippen LogP contribution is 2.46. The van der Waals surface area contributed by atoms with Crippen molar-refractivity contribution in [1.82, 2.24) is 29.2 Å². The van der Waals surface area contributed by atoms with E-state index in [2.05, 4.69) is 15.4 Å². The second kappa shape index (κ2) is 18.1. The lowest BCUT2D eigenvalue weighted by Crippen LogP contribution is -2.58. The molecule has 2 aliphatic heterocycles. The first-order valence-electron chi connectivity index (χ1n) is 20.9. The molecule has 14 nitrogen and oxygen atoms in total. The van der Waals surface area contributed by atoms with Gasteiger partial charge in [0.2, 0.25) is 11.8 Å². The largest absolute Gasteiger partial charge is 0.496 e. The quantitative estimate of drug-likeness (QED) is 0.141. The highest BCUT2D eigenvalue weighted by atomic mass is 32.2. The molecule has 63 heavy (non-hydrogen) atoms. The molecule has 0 bridgehead atoms. The fourth-order valence-corrected chi connectivity index (χ4v) is 9.65. The monoisotopic (exact) mass is 911 g/mol. The van der Waals surface area contributed by atoms with E-state index < -0.39 is 69.3 Å². The summed E-state index contributed by atoms with van der Waals surface area (Å²) < 4.78 is 82.4. The zero-order valence-electron chi connectivity index (χ0n) is 35.9. The molecule has 3 N–H and O–H groups in total. The van der Waals surface area contributed by atoms with E-state index in [1.54, 1.807) is 25.3 Å². The number of carbonyl (C=O) groups is 3. The number of methoxy groups -OCH3 is 1. The number of alkyl halides is 3. The molecule has 2 aromatic carbocycles. The van der Waals surface area contributed by atoms with Gasteiger partial charge in [-0.3, -0.25) is 14.4 Å². The highest BCUT2D eigenvalue weighted by Gasteiger charge is 2.61. The molecule has 338 valence electrons. The average molecular weight is 912 g/mol. The molecule has 3 aliphatic rings. The third kappa shape index (κ3) is 9.79. The van der Waals surface area contributed by atoms with Crippen LogP contribution in [0, 0.1) is 12.8 Å². The number of aromatic nitrogens is 2. The summed E-state index contributed by atoms with van der Waals surface area (Å²) in [7, 11) is -0.130. The van der Waals surface area contributed by atoms with Crippen LogP contribution in [-0.4, -0.2) is 96.8 Å². The SMILES string of the molecule is COc1ccc2c(O[C@@H]3C[C@H]4C(=O)N[C@]5(C(=O)NS(=O)(=O)N(C)C)C[C@H]5/C=C\CCCCC[C@H](Nc5cccc(C(F)(F)F)c5)C(=O)N4C3)cc(-c3nc(C(C)C)cs3)nc2c1C. The molecule has 0 radical (unpaired) electrons. The van der Waals surface area contributed by atoms with E-state index in [1.807, 2.05) is 38.3 Å². The van der Waals surface area contributed by atoms with Crippen LogP contribution in [-0.2, 0) is 30.8 Å². The Morgan fingerprint density at radius 2 is 1.86 bits per heavy atom. The third-order valence-corrected chi connectivity index (χ3v) is 14.2. The Kier molecular flexibility index (Phi) is 13.1. The van der Waals surface area contributed by atoms with Crippen molar-refractivity contribution in [2.75, 3.05) is 33.1 Å². The van der Waals surface area contributed by atoms with Gasteiger partial charge in [0.15, 0.2) is 0 Å². The van der Waals surface area contributed by atoms with Gasteiger partial charge in [-0.25, -0.2) is 14.7 Å². The summed E-state index contributed by atoms with van der Waals surface area (Å²) in [6.07, 6.45) is 1.16. The minimum Gasteiger partial charge on any atom is -0.496 e. The number of allylic oxidation sites excluding steroid dienone is 1. The lowest BCUT2D eigenvalue weighted by Gasteiger charge is -2.30. The highest BCUT2D eigenvalue weighted by molar-refractivity contribution is 7.87. The first-order chi connectivity index (χ1) is 29.8. The summed E-state index contributed by atoms with van der Waals surface area (Å²) in [4.78, 5) is 54.6. The number of nitrogens with zero attached hydrogens (tertiary/aromatic N) is 4. The number of hydrogen-bond acceptors (Lipinski definition) is 11. The van der Waals surface area contributed by atoms with E-state index >= 15 is 0 Å². The van der Waals surface area contributed by atoms with Crippen LogP contribution in [0.3, 0.4) is 0 Å². The Labute approximate surface area is 368 Å². The van der Waals surface area contributed by atoms with Gasteiger partial charge in [0.05, 0.1) is 30.4 Å².